The lowest BCUT2D eigenvalue weighted by molar-refractivity contribution is -0.152. The molecular weight excluding hydrogens is 316 g/mol. The molecule has 0 aliphatic carbocycles. The van der Waals surface area contributed by atoms with Gasteiger partial charge in [0.2, 0.25) is 0 Å². The highest BCUT2D eigenvalue weighted by Gasteiger charge is 2.42. The van der Waals surface area contributed by atoms with Gasteiger partial charge in [-0.15, -0.1) is 0 Å². The summed E-state index contributed by atoms with van der Waals surface area (Å²) in [6.45, 7) is 2.21. The predicted molar refractivity (Wildman–Crippen MR) is 95.5 cm³/mol. The molecule has 0 unspecified atom stereocenters. The maximum Gasteiger partial charge on any atom is 0.311 e. The lowest BCUT2D eigenvalue weighted by Crippen LogP contribution is -2.48. The van der Waals surface area contributed by atoms with Crippen LogP contribution in [0.4, 0.5) is 0 Å². The van der Waals surface area contributed by atoms with Gasteiger partial charge >= 0.3 is 5.97 Å². The van der Waals surface area contributed by atoms with E-state index in [1.165, 1.54) is 0 Å². The molecule has 2 heterocycles. The van der Waals surface area contributed by atoms with E-state index in [1.54, 1.807) is 13.3 Å². The first kappa shape index (κ1) is 17.4. The fraction of sp³-hybridized carbons (Fsp3) is 0.400. The number of pyridine rings is 1. The molecule has 1 atom stereocenters. The van der Waals surface area contributed by atoms with Gasteiger partial charge in [-0.05, 0) is 55.1 Å². The van der Waals surface area contributed by atoms with Crippen molar-refractivity contribution in [1.29, 1.82) is 0 Å². The van der Waals surface area contributed by atoms with Crippen LogP contribution >= 0.6 is 0 Å². The molecule has 1 aromatic carbocycles. The van der Waals surface area contributed by atoms with Gasteiger partial charge in [-0.2, -0.15) is 0 Å². The smallest absolute Gasteiger partial charge is 0.311 e. The third-order valence-electron chi connectivity index (χ3n) is 4.92. The first-order valence-corrected chi connectivity index (χ1v) is 8.59. The molecule has 132 valence electrons. The van der Waals surface area contributed by atoms with Gasteiger partial charge in [0, 0.05) is 25.5 Å². The summed E-state index contributed by atoms with van der Waals surface area (Å²) < 4.78 is 5.27. The number of rotatable bonds is 6. The van der Waals surface area contributed by atoms with Crippen molar-refractivity contribution in [3.8, 4) is 5.75 Å². The number of benzene rings is 1. The topological polar surface area (TPSA) is 62.7 Å². The molecule has 2 aromatic rings. The van der Waals surface area contributed by atoms with Crippen LogP contribution in [0.15, 0.2) is 48.8 Å². The second kappa shape index (κ2) is 7.66. The lowest BCUT2D eigenvalue weighted by Gasteiger charge is -2.40. The van der Waals surface area contributed by atoms with E-state index in [1.807, 2.05) is 42.6 Å². The largest absolute Gasteiger partial charge is 0.497 e. The normalized spacial score (nSPS) is 21.0. The zero-order valence-electron chi connectivity index (χ0n) is 14.5. The summed E-state index contributed by atoms with van der Waals surface area (Å²) in [4.78, 5) is 18.5. The van der Waals surface area contributed by atoms with Crippen LogP contribution in [0.2, 0.25) is 0 Å². The lowest BCUT2D eigenvalue weighted by atomic mass is 9.75. The zero-order valence-corrected chi connectivity index (χ0v) is 14.5. The number of carboxylic acids is 1. The van der Waals surface area contributed by atoms with Crippen molar-refractivity contribution in [1.82, 2.24) is 9.88 Å². The van der Waals surface area contributed by atoms with Gasteiger partial charge in [-0.1, -0.05) is 18.2 Å². The second-order valence-corrected chi connectivity index (χ2v) is 6.79. The number of aliphatic carboxylic acids is 1. The number of nitrogens with zero attached hydrogens (tertiary/aromatic N) is 2. The number of piperidine rings is 1. The highest BCUT2D eigenvalue weighted by Crippen LogP contribution is 2.35. The molecule has 0 saturated carbocycles. The van der Waals surface area contributed by atoms with Gasteiger partial charge in [0.1, 0.15) is 5.75 Å². The highest BCUT2D eigenvalue weighted by atomic mass is 16.5. The molecule has 5 heteroatoms. The van der Waals surface area contributed by atoms with Crippen LogP contribution in [0.25, 0.3) is 0 Å². The molecule has 3 rings (SSSR count). The zero-order chi connectivity index (χ0) is 17.7. The number of hydrogen-bond acceptors (Lipinski definition) is 4. The number of aromatic nitrogens is 1. The maximum atomic E-state index is 12.2. The molecule has 1 fully saturated rings. The summed E-state index contributed by atoms with van der Waals surface area (Å²) in [5.74, 6) is 0.0484. The van der Waals surface area contributed by atoms with Crippen molar-refractivity contribution in [2.75, 3.05) is 20.2 Å². The van der Waals surface area contributed by atoms with Gasteiger partial charge in [0.05, 0.1) is 12.5 Å². The quantitative estimate of drug-likeness (QED) is 0.876. The third kappa shape index (κ3) is 4.17. The molecule has 1 aromatic heterocycles. The van der Waals surface area contributed by atoms with Gasteiger partial charge in [-0.25, -0.2) is 0 Å². The van der Waals surface area contributed by atoms with E-state index < -0.39 is 11.4 Å². The van der Waals surface area contributed by atoms with Gasteiger partial charge in [0.15, 0.2) is 0 Å². The molecule has 1 aliphatic heterocycles. The molecule has 1 aliphatic rings. The van der Waals surface area contributed by atoms with Crippen LogP contribution in [-0.4, -0.2) is 41.2 Å². The number of carbonyl (C=O) groups is 1. The van der Waals surface area contributed by atoms with E-state index in [4.69, 9.17) is 4.74 Å². The number of methoxy groups -OCH3 is 1. The van der Waals surface area contributed by atoms with Crippen LogP contribution in [0.5, 0.6) is 5.75 Å². The Morgan fingerprint density at radius 3 is 2.88 bits per heavy atom. The van der Waals surface area contributed by atoms with Crippen molar-refractivity contribution < 1.29 is 14.6 Å². The number of ether oxygens (including phenoxy) is 1. The number of carboxylic acid groups (broad SMARTS) is 1. The van der Waals surface area contributed by atoms with Crippen LogP contribution in [0.1, 0.15) is 24.0 Å². The van der Waals surface area contributed by atoms with Crippen LogP contribution < -0.4 is 4.74 Å². The monoisotopic (exact) mass is 340 g/mol. The van der Waals surface area contributed by atoms with Crippen LogP contribution in [-0.2, 0) is 17.8 Å². The molecule has 25 heavy (non-hydrogen) atoms. The molecular formula is C20H24N2O3. The van der Waals surface area contributed by atoms with Gasteiger partial charge in [-0.3, -0.25) is 14.7 Å². The summed E-state index contributed by atoms with van der Waals surface area (Å²) >= 11 is 0. The molecule has 0 bridgehead atoms. The number of hydrogen-bond donors (Lipinski definition) is 1. The van der Waals surface area contributed by atoms with E-state index in [-0.39, 0.29) is 0 Å². The Morgan fingerprint density at radius 1 is 1.32 bits per heavy atom. The van der Waals surface area contributed by atoms with E-state index in [9.17, 15) is 9.90 Å². The summed E-state index contributed by atoms with van der Waals surface area (Å²) in [7, 11) is 1.63. The minimum Gasteiger partial charge on any atom is -0.497 e. The molecule has 0 amide bonds. The fourth-order valence-corrected chi connectivity index (χ4v) is 3.68. The standard InChI is InChI=1S/C20H24N2O3/c1-25-18-7-2-5-16(11-18)12-20(19(23)24)8-4-10-22(15-20)14-17-6-3-9-21-13-17/h2-3,5-7,9,11,13H,4,8,10,12,14-15H2,1H3,(H,23,24)/t20-/m1/s1. The van der Waals surface area contributed by atoms with Crippen molar-refractivity contribution in [2.24, 2.45) is 5.41 Å². The molecule has 1 saturated heterocycles. The Morgan fingerprint density at radius 2 is 2.16 bits per heavy atom. The van der Waals surface area contributed by atoms with Crippen molar-refractivity contribution in [3.63, 3.8) is 0 Å². The second-order valence-electron chi connectivity index (χ2n) is 6.79. The summed E-state index contributed by atoms with van der Waals surface area (Å²) in [5.41, 5.74) is 1.36. The fourth-order valence-electron chi connectivity index (χ4n) is 3.68. The first-order valence-electron chi connectivity index (χ1n) is 8.59. The Hall–Kier alpha value is -2.40. The van der Waals surface area contributed by atoms with E-state index in [0.717, 1.165) is 36.4 Å². The third-order valence-corrected chi connectivity index (χ3v) is 4.92. The predicted octanol–water partition coefficient (Wildman–Crippen LogP) is 3.00. The average molecular weight is 340 g/mol. The number of likely N-dealkylation sites (tertiary alicyclic amines) is 1. The van der Waals surface area contributed by atoms with Crippen molar-refractivity contribution >= 4 is 5.97 Å². The highest BCUT2D eigenvalue weighted by molar-refractivity contribution is 5.75. The molecule has 0 radical (unpaired) electrons. The minimum atomic E-state index is -0.757. The molecule has 0 spiro atoms. The Bertz CT molecular complexity index is 720. The summed E-state index contributed by atoms with van der Waals surface area (Å²) in [5, 5.41) is 9.99. The Kier molecular flexibility index (Phi) is 5.34. The Balaban J connectivity index is 1.77. The first-order chi connectivity index (χ1) is 12.1. The summed E-state index contributed by atoms with van der Waals surface area (Å²) in [6, 6.07) is 11.7. The van der Waals surface area contributed by atoms with Crippen LogP contribution in [0.3, 0.4) is 0 Å². The Labute approximate surface area is 148 Å². The van der Waals surface area contributed by atoms with E-state index in [2.05, 4.69) is 9.88 Å². The van der Waals surface area contributed by atoms with Crippen molar-refractivity contribution in [2.45, 2.75) is 25.8 Å². The molecule has 1 N–H and O–H groups in total. The van der Waals surface area contributed by atoms with Gasteiger partial charge < -0.3 is 9.84 Å². The minimum absolute atomic E-state index is 0.517. The van der Waals surface area contributed by atoms with E-state index in [0.29, 0.717) is 19.4 Å². The molecule has 5 nitrogen and oxygen atoms in total. The average Bonchev–Trinajstić information content (AvgIpc) is 2.63. The SMILES string of the molecule is COc1cccc(C[C@]2(C(=O)O)CCCN(Cc3cccnc3)C2)c1. The summed E-state index contributed by atoms with van der Waals surface area (Å²) in [6.07, 6.45) is 5.70. The maximum absolute atomic E-state index is 12.2. The van der Waals surface area contributed by atoms with E-state index >= 15 is 0 Å². The van der Waals surface area contributed by atoms with Crippen molar-refractivity contribution in [3.05, 3.63) is 59.9 Å². The van der Waals surface area contributed by atoms with Gasteiger partial charge in [0.25, 0.3) is 0 Å². The van der Waals surface area contributed by atoms with Crippen LogP contribution in [0, 0.1) is 5.41 Å².